The number of rotatable bonds is 6. The lowest BCUT2D eigenvalue weighted by atomic mass is 9.89. The standard InChI is InChI=1S/C48H29N.C42H25N.C34H20/c1-2-12-30(13-3-1)34-24-35(26-36(25-34)49-45-20-10-8-18-39(45)40-19-9-11-21-46(40)49)38-22-23-41-42-27-31-14-4-5-15-32(31)28-43(42)44-29-33-16-6-7-17-37(33)47(38)48(41)44;1-3-13-28-26(11-1)21-22-34-36-25-27-12-2-4-14-29(27)41-33(23-24-35(40(28)34)42(36)41)32-17-7-10-20-39(32)43-37-18-8-5-15-30(37)31-16-6-9-19-38(31)43;1-2-8-22-17-26(14-13-21(22)7-1)28-15-16-29-30-18-23-9-3-4-10-24(23)19-31(30)32-20-25-11-5-6-12-27(25)33(28)34(29)32/h1-29H;1-25H;1-20H. The molecule has 3 aliphatic rings. The molecule has 29 rings (SSSR count). The van der Waals surface area contributed by atoms with Gasteiger partial charge in [0.15, 0.2) is 0 Å². The Hall–Kier alpha value is -16.5. The maximum atomic E-state index is 2.45. The fraction of sp³-hybridized carbons (Fsp3) is 0. The SMILES string of the molecule is c1ccc(-c2cc(-c3ccc4c5c(cc6ccccc6c35)-c3cc5ccccc5cc3-4)cc(-n3c4ccccc4c4ccccc43)c2)cc1.c1ccc(-n2c3ccccc3c3ccccc32)c(-c2ccc3c4c(cc5ccccc5c24)-c2ccc4ccccc4c2-3)c1.c1ccc2cc(-c3ccc4c5c(cc6ccccc6c35)-c3cc5ccccc5cc3-4)ccc2c1. The van der Waals surface area contributed by atoms with E-state index >= 15 is 0 Å². The van der Waals surface area contributed by atoms with Crippen molar-refractivity contribution in [2.75, 3.05) is 0 Å². The minimum absolute atomic E-state index is 1.16. The van der Waals surface area contributed by atoms with Crippen LogP contribution in [0.1, 0.15) is 0 Å². The number of fused-ring (bicyclic) bond motifs is 26. The van der Waals surface area contributed by atoms with Gasteiger partial charge >= 0.3 is 0 Å². The van der Waals surface area contributed by atoms with Gasteiger partial charge in [-0.05, 0) is 310 Å². The molecular weight excluding hydrogens is 1520 g/mol. The van der Waals surface area contributed by atoms with Gasteiger partial charge < -0.3 is 9.13 Å². The molecule has 126 heavy (non-hydrogen) atoms. The Balaban J connectivity index is 0.0000000998. The van der Waals surface area contributed by atoms with Crippen LogP contribution in [-0.2, 0) is 0 Å². The van der Waals surface area contributed by atoms with E-state index in [-0.39, 0.29) is 0 Å². The van der Waals surface area contributed by atoms with Crippen molar-refractivity contribution < 1.29 is 0 Å². The summed E-state index contributed by atoms with van der Waals surface area (Å²) < 4.78 is 4.90. The summed E-state index contributed by atoms with van der Waals surface area (Å²) in [6, 6.07) is 166. The van der Waals surface area contributed by atoms with E-state index in [1.54, 1.807) is 0 Å². The second kappa shape index (κ2) is 27.5. The lowest BCUT2D eigenvalue weighted by Gasteiger charge is -2.18. The highest BCUT2D eigenvalue weighted by atomic mass is 15.0. The number of para-hydroxylation sites is 5. The molecule has 0 N–H and O–H groups in total. The van der Waals surface area contributed by atoms with Crippen LogP contribution in [0.15, 0.2) is 449 Å². The van der Waals surface area contributed by atoms with Crippen molar-refractivity contribution in [2.24, 2.45) is 0 Å². The lowest BCUT2D eigenvalue weighted by molar-refractivity contribution is 1.18. The van der Waals surface area contributed by atoms with E-state index < -0.39 is 0 Å². The fourth-order valence-electron chi connectivity index (χ4n) is 22.2. The largest absolute Gasteiger partial charge is 0.309 e. The van der Waals surface area contributed by atoms with E-state index in [1.807, 2.05) is 0 Å². The van der Waals surface area contributed by atoms with E-state index in [0.29, 0.717) is 0 Å². The Labute approximate surface area is 726 Å². The molecule has 580 valence electrons. The highest BCUT2D eigenvalue weighted by molar-refractivity contribution is 6.33. The van der Waals surface area contributed by atoms with Crippen LogP contribution < -0.4 is 0 Å². The molecule has 0 atom stereocenters. The summed E-state index contributed by atoms with van der Waals surface area (Å²) in [6.45, 7) is 0. The average molecular weight is 1590 g/mol. The maximum Gasteiger partial charge on any atom is 0.0541 e. The molecule has 3 aliphatic carbocycles. The van der Waals surface area contributed by atoms with Crippen molar-refractivity contribution in [1.29, 1.82) is 0 Å². The summed E-state index contributed by atoms with van der Waals surface area (Å²) in [7, 11) is 0. The third-order valence-corrected chi connectivity index (χ3v) is 27.7. The van der Waals surface area contributed by atoms with Gasteiger partial charge in [0.2, 0.25) is 0 Å². The smallest absolute Gasteiger partial charge is 0.0541 e. The molecule has 0 amide bonds. The topological polar surface area (TPSA) is 9.86 Å². The van der Waals surface area contributed by atoms with Gasteiger partial charge in [-0.2, -0.15) is 0 Å². The summed E-state index contributed by atoms with van der Waals surface area (Å²) in [4.78, 5) is 0. The molecular formula is C124H74N2. The van der Waals surface area contributed by atoms with E-state index in [9.17, 15) is 0 Å². The molecule has 2 heteroatoms. The zero-order valence-corrected chi connectivity index (χ0v) is 68.6. The third-order valence-electron chi connectivity index (χ3n) is 27.7. The van der Waals surface area contributed by atoms with Crippen LogP contribution in [0.2, 0.25) is 0 Å². The molecule has 2 nitrogen and oxygen atoms in total. The first-order valence-corrected chi connectivity index (χ1v) is 43.8. The van der Waals surface area contributed by atoms with Gasteiger partial charge in [0, 0.05) is 32.8 Å². The summed E-state index contributed by atoms with van der Waals surface area (Å²) in [6.07, 6.45) is 0. The van der Waals surface area contributed by atoms with Gasteiger partial charge in [0.25, 0.3) is 0 Å². The summed E-state index contributed by atoms with van der Waals surface area (Å²) in [5, 5.41) is 31.3. The fourth-order valence-corrected chi connectivity index (χ4v) is 22.2. The zero-order chi connectivity index (χ0) is 82.3. The second-order valence-electron chi connectivity index (χ2n) is 34.3. The van der Waals surface area contributed by atoms with Crippen LogP contribution in [0, 0.1) is 0 Å². The predicted molar refractivity (Wildman–Crippen MR) is 538 cm³/mol. The zero-order valence-electron chi connectivity index (χ0n) is 68.6. The van der Waals surface area contributed by atoms with Gasteiger partial charge in [-0.3, -0.25) is 0 Å². The molecule has 0 bridgehead atoms. The van der Waals surface area contributed by atoms with Crippen LogP contribution in [0.5, 0.6) is 0 Å². The molecule has 24 aromatic carbocycles. The monoisotopic (exact) mass is 1590 g/mol. The van der Waals surface area contributed by atoms with Crippen molar-refractivity contribution >= 4 is 151 Å². The quantitative estimate of drug-likeness (QED) is 0.147. The van der Waals surface area contributed by atoms with E-state index in [2.05, 4.69) is 458 Å². The normalized spacial score (nSPS) is 12.1. The molecule has 0 unspecified atom stereocenters. The Morgan fingerprint density at radius 2 is 0.452 bits per heavy atom. The van der Waals surface area contributed by atoms with Gasteiger partial charge in [0.05, 0.1) is 27.8 Å². The number of aromatic nitrogens is 2. The van der Waals surface area contributed by atoms with Gasteiger partial charge in [-0.25, -0.2) is 0 Å². The van der Waals surface area contributed by atoms with Crippen molar-refractivity contribution in [1.82, 2.24) is 9.13 Å². The molecule has 2 aromatic heterocycles. The highest BCUT2D eigenvalue weighted by Crippen LogP contribution is 2.58. The Bertz CT molecular complexity index is 9120. The van der Waals surface area contributed by atoms with Crippen molar-refractivity contribution in [3.63, 3.8) is 0 Å². The minimum Gasteiger partial charge on any atom is -0.309 e. The molecule has 0 spiro atoms. The van der Waals surface area contributed by atoms with Gasteiger partial charge in [0.1, 0.15) is 0 Å². The number of hydrogen-bond donors (Lipinski definition) is 0. The van der Waals surface area contributed by atoms with E-state index in [0.717, 1.165) is 5.69 Å². The minimum atomic E-state index is 1.16. The first-order valence-electron chi connectivity index (χ1n) is 43.8. The first kappa shape index (κ1) is 70.2. The highest BCUT2D eigenvalue weighted by Gasteiger charge is 2.31. The van der Waals surface area contributed by atoms with E-state index in [4.69, 9.17) is 0 Å². The van der Waals surface area contributed by atoms with Crippen LogP contribution >= 0.6 is 0 Å². The number of hydrogen-bond acceptors (Lipinski definition) is 0. The van der Waals surface area contributed by atoms with Crippen molar-refractivity contribution in [3.05, 3.63) is 449 Å². The summed E-state index contributed by atoms with van der Waals surface area (Å²) in [5.41, 5.74) is 33.3. The number of nitrogens with zero attached hydrogens (tertiary/aromatic N) is 2. The van der Waals surface area contributed by atoms with E-state index in [1.165, 1.54) is 268 Å². The van der Waals surface area contributed by atoms with Gasteiger partial charge in [-0.15, -0.1) is 0 Å². The Morgan fingerprint density at radius 1 is 0.127 bits per heavy atom. The van der Waals surface area contributed by atoms with Gasteiger partial charge in [-0.1, -0.05) is 352 Å². The summed E-state index contributed by atoms with van der Waals surface area (Å²) >= 11 is 0. The van der Waals surface area contributed by atoms with Crippen LogP contribution in [0.4, 0.5) is 0 Å². The average Bonchev–Trinajstić information content (AvgIpc) is 1.55. The van der Waals surface area contributed by atoms with Crippen molar-refractivity contribution in [3.8, 4) is 123 Å². The molecule has 26 aromatic rings. The molecule has 0 radical (unpaired) electrons. The Kier molecular flexibility index (Phi) is 15.3. The Morgan fingerprint density at radius 3 is 0.968 bits per heavy atom. The second-order valence-corrected chi connectivity index (χ2v) is 34.3. The van der Waals surface area contributed by atoms with Crippen LogP contribution in [-0.4, -0.2) is 9.13 Å². The molecule has 0 saturated heterocycles. The molecule has 0 fully saturated rings. The summed E-state index contributed by atoms with van der Waals surface area (Å²) in [5.74, 6) is 0. The lowest BCUT2D eigenvalue weighted by Crippen LogP contribution is -1.97. The molecule has 0 aliphatic heterocycles. The van der Waals surface area contributed by atoms with Crippen molar-refractivity contribution in [2.45, 2.75) is 0 Å². The number of benzene rings is 24. The third kappa shape index (κ3) is 10.5. The predicted octanol–water partition coefficient (Wildman–Crippen LogP) is 34.4. The molecule has 0 saturated carbocycles. The van der Waals surface area contributed by atoms with Crippen LogP contribution in [0.3, 0.4) is 0 Å². The maximum absolute atomic E-state index is 2.45. The first-order chi connectivity index (χ1) is 62.5. The van der Waals surface area contributed by atoms with Crippen LogP contribution in [0.25, 0.3) is 274 Å². The molecule has 2 heterocycles.